The van der Waals surface area contributed by atoms with Crippen molar-refractivity contribution in [2.24, 2.45) is 0 Å². The molecule has 1 aromatic carbocycles. The van der Waals surface area contributed by atoms with Gasteiger partial charge in [-0.25, -0.2) is 4.79 Å². The highest BCUT2D eigenvalue weighted by Crippen LogP contribution is 2.42. The normalized spacial score (nSPS) is 12.1. The first-order chi connectivity index (χ1) is 9.39. The van der Waals surface area contributed by atoms with E-state index in [2.05, 4.69) is 4.74 Å². The van der Waals surface area contributed by atoms with E-state index < -0.39 is 51.7 Å². The molecule has 0 N–H and O–H groups in total. The molecule has 0 aromatic heterocycles. The Kier molecular flexibility index (Phi) is 4.16. The Balaban J connectivity index is 3.84. The van der Waals surface area contributed by atoms with Gasteiger partial charge in [-0.1, -0.05) is 0 Å². The van der Waals surface area contributed by atoms with Crippen LogP contribution in [0, 0.1) is 10.1 Å². The van der Waals surface area contributed by atoms with Crippen LogP contribution in [0.3, 0.4) is 0 Å². The second-order valence-electron chi connectivity index (χ2n) is 3.66. The summed E-state index contributed by atoms with van der Waals surface area (Å²) < 4.78 is 79.7. The number of esters is 1. The van der Waals surface area contributed by atoms with Gasteiger partial charge < -0.3 is 4.74 Å². The molecule has 1 rings (SSSR count). The van der Waals surface area contributed by atoms with Gasteiger partial charge in [0.2, 0.25) is 0 Å². The van der Waals surface area contributed by atoms with Gasteiger partial charge >= 0.3 is 18.3 Å². The number of methoxy groups -OCH3 is 1. The number of nitro benzene ring substituents is 1. The first kappa shape index (κ1) is 16.7. The lowest BCUT2D eigenvalue weighted by atomic mass is 10.0. The molecule has 116 valence electrons. The first-order valence-electron chi connectivity index (χ1n) is 4.94. The largest absolute Gasteiger partial charge is 0.465 e. The molecule has 0 heterocycles. The number of nitrogens with zero attached hydrogens (tertiary/aromatic N) is 1. The summed E-state index contributed by atoms with van der Waals surface area (Å²) in [5.74, 6) is -1.68. The van der Waals surface area contributed by atoms with Crippen LogP contribution in [0.5, 0.6) is 0 Å². The van der Waals surface area contributed by atoms with Crippen LogP contribution in [0.2, 0.25) is 0 Å². The maximum absolute atomic E-state index is 12.7. The molecule has 0 spiro atoms. The molecule has 0 atom stereocenters. The molecule has 0 saturated carbocycles. The van der Waals surface area contributed by atoms with Crippen LogP contribution in [0.25, 0.3) is 0 Å². The van der Waals surface area contributed by atoms with Crippen molar-refractivity contribution >= 4 is 11.7 Å². The number of alkyl halides is 6. The van der Waals surface area contributed by atoms with E-state index in [1.807, 2.05) is 0 Å². The molecule has 0 unspecified atom stereocenters. The average molecular weight is 317 g/mol. The minimum atomic E-state index is -5.45. The molecule has 0 saturated heterocycles. The lowest BCUT2D eigenvalue weighted by molar-refractivity contribution is -0.388. The Labute approximate surface area is 112 Å². The molecule has 5 nitrogen and oxygen atoms in total. The van der Waals surface area contributed by atoms with Crippen molar-refractivity contribution in [2.75, 3.05) is 7.11 Å². The molecule has 21 heavy (non-hydrogen) atoms. The summed E-state index contributed by atoms with van der Waals surface area (Å²) in [7, 11) is 0.666. The monoisotopic (exact) mass is 317 g/mol. The van der Waals surface area contributed by atoms with Crippen LogP contribution in [0.1, 0.15) is 21.5 Å². The molecular weight excluding hydrogens is 312 g/mol. The van der Waals surface area contributed by atoms with Crippen molar-refractivity contribution in [3.8, 4) is 0 Å². The predicted molar refractivity (Wildman–Crippen MR) is 54.4 cm³/mol. The van der Waals surface area contributed by atoms with Crippen molar-refractivity contribution in [3.05, 3.63) is 38.9 Å². The molecule has 0 aliphatic rings. The predicted octanol–water partition coefficient (Wildman–Crippen LogP) is 3.42. The average Bonchev–Trinajstić information content (AvgIpc) is 2.33. The van der Waals surface area contributed by atoms with Crippen molar-refractivity contribution in [1.29, 1.82) is 0 Å². The summed E-state index contributed by atoms with van der Waals surface area (Å²) in [6, 6.07) is -0.482. The summed E-state index contributed by atoms with van der Waals surface area (Å²) in [6.45, 7) is 0. The summed E-state index contributed by atoms with van der Waals surface area (Å²) in [4.78, 5) is 20.3. The van der Waals surface area contributed by atoms with Crippen LogP contribution < -0.4 is 0 Å². The number of carbonyl (C=O) groups excluding carboxylic acids is 1. The Morgan fingerprint density at radius 2 is 1.67 bits per heavy atom. The zero-order valence-corrected chi connectivity index (χ0v) is 10.0. The SMILES string of the molecule is COC(=O)c1cc(C(F)(F)F)cc(C(F)(F)F)c1[N+](=O)[O-]. The third kappa shape index (κ3) is 3.41. The van der Waals surface area contributed by atoms with Gasteiger partial charge in [-0.2, -0.15) is 26.3 Å². The van der Waals surface area contributed by atoms with E-state index in [4.69, 9.17) is 0 Å². The lowest BCUT2D eigenvalue weighted by Crippen LogP contribution is -2.17. The molecule has 0 bridgehead atoms. The molecule has 11 heteroatoms. The highest BCUT2D eigenvalue weighted by molar-refractivity contribution is 5.95. The second kappa shape index (κ2) is 5.22. The summed E-state index contributed by atoms with van der Waals surface area (Å²) in [6.07, 6.45) is -10.7. The van der Waals surface area contributed by atoms with Gasteiger partial charge in [-0.3, -0.25) is 10.1 Å². The highest BCUT2D eigenvalue weighted by Gasteiger charge is 2.45. The first-order valence-corrected chi connectivity index (χ1v) is 4.94. The smallest absolute Gasteiger partial charge is 0.423 e. The minimum absolute atomic E-state index is 0.0563. The van der Waals surface area contributed by atoms with Gasteiger partial charge in [0.05, 0.1) is 17.6 Å². The molecule has 0 aliphatic heterocycles. The number of ether oxygens (including phenoxy) is 1. The zero-order valence-electron chi connectivity index (χ0n) is 10.0. The van der Waals surface area contributed by atoms with E-state index in [0.29, 0.717) is 7.11 Å². The topological polar surface area (TPSA) is 69.4 Å². The van der Waals surface area contributed by atoms with Crippen LogP contribution >= 0.6 is 0 Å². The lowest BCUT2D eigenvalue weighted by Gasteiger charge is -2.14. The Bertz CT molecular complexity index is 592. The van der Waals surface area contributed by atoms with Gasteiger partial charge in [-0.05, 0) is 12.1 Å². The van der Waals surface area contributed by atoms with E-state index in [1.54, 1.807) is 0 Å². The maximum Gasteiger partial charge on any atom is 0.423 e. The van der Waals surface area contributed by atoms with Gasteiger partial charge in [0.25, 0.3) is 5.69 Å². The van der Waals surface area contributed by atoms with Crippen LogP contribution in [-0.4, -0.2) is 18.0 Å². The Hall–Kier alpha value is -2.33. The summed E-state index contributed by atoms with van der Waals surface area (Å²) >= 11 is 0. The fourth-order valence-electron chi connectivity index (χ4n) is 1.48. The Morgan fingerprint density at radius 3 is 2.00 bits per heavy atom. The number of hydrogen-bond donors (Lipinski definition) is 0. The molecule has 0 aliphatic carbocycles. The molecule has 0 amide bonds. The summed E-state index contributed by atoms with van der Waals surface area (Å²) in [5.41, 5.74) is -7.24. The molecule has 0 fully saturated rings. The van der Waals surface area contributed by atoms with Crippen molar-refractivity contribution in [3.63, 3.8) is 0 Å². The Morgan fingerprint density at radius 1 is 1.14 bits per heavy atom. The number of nitro groups is 1. The van der Waals surface area contributed by atoms with Gasteiger partial charge in [0, 0.05) is 0 Å². The zero-order chi connectivity index (χ0) is 16.6. The third-order valence-electron chi connectivity index (χ3n) is 2.33. The number of carbonyl (C=O) groups is 1. The molecule has 1 aromatic rings. The fourth-order valence-corrected chi connectivity index (χ4v) is 1.48. The van der Waals surface area contributed by atoms with Crippen molar-refractivity contribution < 1.29 is 40.8 Å². The molecular formula is C10H5F6NO4. The summed E-state index contributed by atoms with van der Waals surface area (Å²) in [5, 5.41) is 10.7. The standard InChI is InChI=1S/C10H5F6NO4/c1-21-8(18)5-2-4(9(11,12)13)3-6(10(14,15)16)7(5)17(19)20/h2-3H,1H3. The molecule has 0 radical (unpaired) electrons. The number of rotatable bonds is 2. The van der Waals surface area contributed by atoms with E-state index in [0.717, 1.165) is 0 Å². The van der Waals surface area contributed by atoms with Gasteiger partial charge in [0.15, 0.2) is 0 Å². The van der Waals surface area contributed by atoms with Crippen LogP contribution in [0.4, 0.5) is 32.0 Å². The highest BCUT2D eigenvalue weighted by atomic mass is 19.4. The van der Waals surface area contributed by atoms with Crippen molar-refractivity contribution in [2.45, 2.75) is 12.4 Å². The van der Waals surface area contributed by atoms with Gasteiger partial charge in [-0.15, -0.1) is 0 Å². The quantitative estimate of drug-likeness (QED) is 0.363. The van der Waals surface area contributed by atoms with E-state index in [-0.39, 0.29) is 6.07 Å². The van der Waals surface area contributed by atoms with Crippen LogP contribution in [-0.2, 0) is 17.1 Å². The van der Waals surface area contributed by atoms with Crippen molar-refractivity contribution in [1.82, 2.24) is 0 Å². The van der Waals surface area contributed by atoms with Gasteiger partial charge in [0.1, 0.15) is 11.1 Å². The maximum atomic E-state index is 12.7. The van der Waals surface area contributed by atoms with E-state index in [1.165, 1.54) is 0 Å². The second-order valence-corrected chi connectivity index (χ2v) is 3.66. The third-order valence-corrected chi connectivity index (χ3v) is 2.33. The van der Waals surface area contributed by atoms with E-state index in [9.17, 15) is 41.3 Å². The van der Waals surface area contributed by atoms with E-state index >= 15 is 0 Å². The fraction of sp³-hybridized carbons (Fsp3) is 0.300. The number of hydrogen-bond acceptors (Lipinski definition) is 4. The van der Waals surface area contributed by atoms with Crippen LogP contribution in [0.15, 0.2) is 12.1 Å². The number of benzene rings is 1. The number of halogens is 6. The minimum Gasteiger partial charge on any atom is -0.465 e.